The molecule has 0 aromatic heterocycles. The van der Waals surface area contributed by atoms with Crippen LogP contribution in [0.15, 0.2) is 194 Å². The van der Waals surface area contributed by atoms with E-state index in [-0.39, 0.29) is 0 Å². The lowest BCUT2D eigenvalue weighted by Gasteiger charge is -2.29. The number of aryl methyl sites for hydroxylation is 4. The molecule has 0 amide bonds. The molecule has 0 aliphatic carbocycles. The first-order valence-corrected chi connectivity index (χ1v) is 20.9. The fraction of sp³-hybridized carbons (Fsp3) is 0.0690. The maximum Gasteiger partial charge on any atom is 0.0546 e. The number of hydrogen-bond donors (Lipinski definition) is 0. The molecule has 0 spiro atoms. The molecule has 11 aromatic carbocycles. The van der Waals surface area contributed by atoms with Crippen LogP contribution in [0.3, 0.4) is 0 Å². The highest BCUT2D eigenvalue weighted by atomic mass is 15.1. The Balaban J connectivity index is 1.09. The second-order valence-electron chi connectivity index (χ2n) is 16.6. The second kappa shape index (κ2) is 14.1. The molecular weight excluding hydrogens is 725 g/mol. The zero-order valence-corrected chi connectivity index (χ0v) is 34.4. The van der Waals surface area contributed by atoms with E-state index in [2.05, 4.69) is 232 Å². The maximum atomic E-state index is 2.46. The van der Waals surface area contributed by atoms with Gasteiger partial charge in [-0.15, -0.1) is 0 Å². The molecule has 0 atom stereocenters. The molecule has 286 valence electrons. The topological polar surface area (TPSA) is 6.48 Å². The van der Waals surface area contributed by atoms with E-state index in [9.17, 15) is 0 Å². The first-order valence-electron chi connectivity index (χ1n) is 20.9. The first-order chi connectivity index (χ1) is 29.3. The minimum Gasteiger partial charge on any atom is -0.310 e. The number of hydrogen-bond acceptors (Lipinski definition) is 2. The van der Waals surface area contributed by atoms with Crippen molar-refractivity contribution in [2.45, 2.75) is 27.7 Å². The summed E-state index contributed by atoms with van der Waals surface area (Å²) in [4.78, 5) is 4.91. The van der Waals surface area contributed by atoms with Gasteiger partial charge >= 0.3 is 0 Å². The van der Waals surface area contributed by atoms with Crippen molar-refractivity contribution in [1.29, 1.82) is 0 Å². The van der Waals surface area contributed by atoms with Crippen molar-refractivity contribution < 1.29 is 0 Å². The standard InChI is InChI=1S/C58H44N2/c1-37-25-38(2)28-49(27-37)59(57-35-43-13-5-7-15-51(43)53-17-9-11-19-55(53)57)47-23-21-41-32-46-34-48(24-22-42(46)31-45(41)33-47)60(50-29-39(3)26-40(4)30-50)58-36-44-14-6-8-16-52(44)54-18-10-12-20-56(54)58/h5-36H,1-4H3. The average molecular weight is 769 g/mol. The summed E-state index contributed by atoms with van der Waals surface area (Å²) in [5.41, 5.74) is 11.9. The van der Waals surface area contributed by atoms with Gasteiger partial charge in [-0.05, 0) is 177 Å². The van der Waals surface area contributed by atoms with E-state index in [4.69, 9.17) is 0 Å². The Labute approximate surface area is 351 Å². The lowest BCUT2D eigenvalue weighted by molar-refractivity contribution is 1.27. The van der Waals surface area contributed by atoms with Crippen LogP contribution in [0.25, 0.3) is 64.6 Å². The molecule has 2 heteroatoms. The molecule has 0 aliphatic rings. The van der Waals surface area contributed by atoms with Gasteiger partial charge in [-0.2, -0.15) is 0 Å². The highest BCUT2D eigenvalue weighted by molar-refractivity contribution is 6.16. The third kappa shape index (κ3) is 6.12. The highest BCUT2D eigenvalue weighted by Crippen LogP contribution is 2.46. The Hall–Kier alpha value is -7.42. The van der Waals surface area contributed by atoms with Crippen molar-refractivity contribution in [2.24, 2.45) is 0 Å². The van der Waals surface area contributed by atoms with Gasteiger partial charge in [-0.1, -0.05) is 121 Å². The minimum absolute atomic E-state index is 1.13. The molecule has 11 rings (SSSR count). The van der Waals surface area contributed by atoms with Crippen molar-refractivity contribution >= 4 is 98.8 Å². The van der Waals surface area contributed by atoms with Crippen LogP contribution in [0.1, 0.15) is 22.3 Å². The number of rotatable bonds is 6. The third-order valence-electron chi connectivity index (χ3n) is 12.2. The predicted molar refractivity (Wildman–Crippen MR) is 260 cm³/mol. The van der Waals surface area contributed by atoms with Gasteiger partial charge < -0.3 is 9.80 Å². The molecule has 0 N–H and O–H groups in total. The van der Waals surface area contributed by atoms with E-state index in [1.54, 1.807) is 0 Å². The summed E-state index contributed by atoms with van der Waals surface area (Å²) in [5.74, 6) is 0. The van der Waals surface area contributed by atoms with Crippen LogP contribution in [0.2, 0.25) is 0 Å². The minimum atomic E-state index is 1.13. The van der Waals surface area contributed by atoms with E-state index >= 15 is 0 Å². The van der Waals surface area contributed by atoms with Crippen molar-refractivity contribution in [1.82, 2.24) is 0 Å². The monoisotopic (exact) mass is 768 g/mol. The van der Waals surface area contributed by atoms with Crippen LogP contribution in [0.4, 0.5) is 34.1 Å². The van der Waals surface area contributed by atoms with Gasteiger partial charge in [0.2, 0.25) is 0 Å². The summed E-state index contributed by atoms with van der Waals surface area (Å²) in [6.07, 6.45) is 0. The summed E-state index contributed by atoms with van der Waals surface area (Å²) in [7, 11) is 0. The predicted octanol–water partition coefficient (Wildman–Crippen LogP) is 16.8. The van der Waals surface area contributed by atoms with Crippen LogP contribution in [0.5, 0.6) is 0 Å². The van der Waals surface area contributed by atoms with Crippen molar-refractivity contribution in [2.75, 3.05) is 9.80 Å². The molecule has 0 saturated heterocycles. The number of anilines is 6. The third-order valence-corrected chi connectivity index (χ3v) is 12.2. The number of fused-ring (bicyclic) bond motifs is 8. The van der Waals surface area contributed by atoms with Crippen LogP contribution in [0, 0.1) is 27.7 Å². The van der Waals surface area contributed by atoms with Crippen LogP contribution >= 0.6 is 0 Å². The Morgan fingerprint density at radius 2 is 0.583 bits per heavy atom. The molecule has 0 saturated carbocycles. The van der Waals surface area contributed by atoms with E-state index in [0.29, 0.717) is 0 Å². The van der Waals surface area contributed by atoms with Crippen LogP contribution < -0.4 is 9.80 Å². The zero-order chi connectivity index (χ0) is 40.5. The lowest BCUT2D eigenvalue weighted by atomic mass is 9.97. The smallest absolute Gasteiger partial charge is 0.0546 e. The molecule has 11 aromatic rings. The molecule has 0 bridgehead atoms. The van der Waals surface area contributed by atoms with Crippen LogP contribution in [-0.4, -0.2) is 0 Å². The zero-order valence-electron chi connectivity index (χ0n) is 34.4. The van der Waals surface area contributed by atoms with Gasteiger partial charge in [0, 0.05) is 33.5 Å². The summed E-state index contributed by atoms with van der Waals surface area (Å²) in [6.45, 7) is 8.77. The average Bonchev–Trinajstić information content (AvgIpc) is 3.25. The Morgan fingerprint density at radius 1 is 0.233 bits per heavy atom. The van der Waals surface area contributed by atoms with Crippen molar-refractivity contribution in [3.05, 3.63) is 216 Å². The van der Waals surface area contributed by atoms with E-state index in [1.807, 2.05) is 0 Å². The fourth-order valence-corrected chi connectivity index (χ4v) is 9.70. The number of benzene rings is 11. The van der Waals surface area contributed by atoms with Crippen molar-refractivity contribution in [3.8, 4) is 0 Å². The molecule has 60 heavy (non-hydrogen) atoms. The van der Waals surface area contributed by atoms with E-state index in [0.717, 1.165) is 22.7 Å². The van der Waals surface area contributed by atoms with Crippen molar-refractivity contribution in [3.63, 3.8) is 0 Å². The Kier molecular flexibility index (Phi) is 8.42. The Bertz CT molecular complexity index is 3230. The normalized spacial score (nSPS) is 11.7. The quantitative estimate of drug-likeness (QED) is 0.123. The van der Waals surface area contributed by atoms with E-state index in [1.165, 1.54) is 98.3 Å². The number of nitrogens with zero attached hydrogens (tertiary/aromatic N) is 2. The molecular formula is C58H44N2. The fourth-order valence-electron chi connectivity index (χ4n) is 9.70. The van der Waals surface area contributed by atoms with Gasteiger partial charge in [0.15, 0.2) is 0 Å². The summed E-state index contributed by atoms with van der Waals surface area (Å²) < 4.78 is 0. The first kappa shape index (κ1) is 35.7. The second-order valence-corrected chi connectivity index (χ2v) is 16.6. The molecule has 2 nitrogen and oxygen atoms in total. The molecule has 0 heterocycles. The van der Waals surface area contributed by atoms with Gasteiger partial charge in [0.25, 0.3) is 0 Å². The van der Waals surface area contributed by atoms with Gasteiger partial charge in [0.05, 0.1) is 11.4 Å². The van der Waals surface area contributed by atoms with Gasteiger partial charge in [-0.25, -0.2) is 0 Å². The largest absolute Gasteiger partial charge is 0.310 e. The van der Waals surface area contributed by atoms with Crippen LogP contribution in [-0.2, 0) is 0 Å². The van der Waals surface area contributed by atoms with Gasteiger partial charge in [0.1, 0.15) is 0 Å². The van der Waals surface area contributed by atoms with E-state index < -0.39 is 0 Å². The SMILES string of the molecule is Cc1cc(C)cc(N(c2ccc3cc4cc(N(c5cc(C)cc(C)c5)c5cc6ccccc6c6ccccc56)ccc4cc3c2)c2cc3ccccc3c3ccccc23)c1. The summed E-state index contributed by atoms with van der Waals surface area (Å²) >= 11 is 0. The maximum absolute atomic E-state index is 2.46. The Morgan fingerprint density at radius 3 is 0.983 bits per heavy atom. The molecule has 0 fully saturated rings. The molecule has 0 unspecified atom stereocenters. The molecule has 0 aliphatic heterocycles. The highest BCUT2D eigenvalue weighted by Gasteiger charge is 2.21. The summed E-state index contributed by atoms with van der Waals surface area (Å²) in [6, 6.07) is 72.3. The summed E-state index contributed by atoms with van der Waals surface area (Å²) in [5, 5.41) is 14.8. The molecule has 0 radical (unpaired) electrons. The lowest BCUT2D eigenvalue weighted by Crippen LogP contribution is -2.11. The van der Waals surface area contributed by atoms with Gasteiger partial charge in [-0.3, -0.25) is 0 Å².